The summed E-state index contributed by atoms with van der Waals surface area (Å²) in [5.74, 6) is -0.202. The number of ether oxygens (including phenoxy) is 1. The number of hydrogen-bond donors (Lipinski definition) is 1. The zero-order valence-corrected chi connectivity index (χ0v) is 16.3. The molecule has 2 aromatic carbocycles. The van der Waals surface area contributed by atoms with Gasteiger partial charge in [-0.2, -0.15) is 4.31 Å². The van der Waals surface area contributed by atoms with Gasteiger partial charge >= 0.3 is 0 Å². The lowest BCUT2D eigenvalue weighted by Crippen LogP contribution is -2.40. The van der Waals surface area contributed by atoms with E-state index < -0.39 is 15.9 Å². The molecule has 0 fully saturated rings. The minimum atomic E-state index is -3.81. The van der Waals surface area contributed by atoms with Gasteiger partial charge in [0.25, 0.3) is 0 Å². The van der Waals surface area contributed by atoms with Gasteiger partial charge in [-0.05, 0) is 48.4 Å². The predicted octanol–water partition coefficient (Wildman–Crippen LogP) is 2.47. The molecule has 0 bridgehead atoms. The van der Waals surface area contributed by atoms with Crippen molar-refractivity contribution in [2.24, 2.45) is 0 Å². The zero-order valence-electron chi connectivity index (χ0n) is 15.5. The highest BCUT2D eigenvalue weighted by atomic mass is 32.2. The first-order valence-electron chi connectivity index (χ1n) is 8.44. The molecule has 6 nitrogen and oxygen atoms in total. The first kappa shape index (κ1) is 20.9. The lowest BCUT2D eigenvalue weighted by Gasteiger charge is -2.20. The highest BCUT2D eigenvalue weighted by molar-refractivity contribution is 7.89. The molecular formula is C19H23FN2O4S. The van der Waals surface area contributed by atoms with Crippen molar-refractivity contribution < 1.29 is 22.3 Å². The van der Waals surface area contributed by atoms with Crippen molar-refractivity contribution in [2.75, 3.05) is 20.2 Å². The van der Waals surface area contributed by atoms with Crippen molar-refractivity contribution in [3.8, 4) is 5.75 Å². The number of methoxy groups -OCH3 is 1. The SMILES string of the molecule is CCN(CC(=O)NCc1ccc(F)cc1)S(=O)(=O)c1ccc(OC)c(C)c1. The number of hydrogen-bond acceptors (Lipinski definition) is 4. The molecule has 2 rings (SSSR count). The van der Waals surface area contributed by atoms with Crippen LogP contribution < -0.4 is 10.1 Å². The predicted molar refractivity (Wildman–Crippen MR) is 100 cm³/mol. The number of nitrogens with zero attached hydrogens (tertiary/aromatic N) is 1. The lowest BCUT2D eigenvalue weighted by atomic mass is 10.2. The molecule has 1 N–H and O–H groups in total. The summed E-state index contributed by atoms with van der Waals surface area (Å²) in [5.41, 5.74) is 1.41. The Kier molecular flexibility index (Phi) is 6.92. The second-order valence-electron chi connectivity index (χ2n) is 5.97. The Morgan fingerprint density at radius 3 is 2.41 bits per heavy atom. The van der Waals surface area contributed by atoms with Crippen LogP contribution >= 0.6 is 0 Å². The van der Waals surface area contributed by atoms with Crippen LogP contribution in [0.4, 0.5) is 4.39 Å². The van der Waals surface area contributed by atoms with Crippen LogP contribution in [0.2, 0.25) is 0 Å². The van der Waals surface area contributed by atoms with E-state index in [-0.39, 0.29) is 30.3 Å². The van der Waals surface area contributed by atoms with Gasteiger partial charge in [-0.1, -0.05) is 19.1 Å². The summed E-state index contributed by atoms with van der Waals surface area (Å²) in [7, 11) is -2.30. The number of benzene rings is 2. The molecule has 0 saturated heterocycles. The molecule has 2 aromatic rings. The van der Waals surface area contributed by atoms with Gasteiger partial charge in [0.2, 0.25) is 15.9 Å². The van der Waals surface area contributed by atoms with Gasteiger partial charge < -0.3 is 10.1 Å². The molecular weight excluding hydrogens is 371 g/mol. The van der Waals surface area contributed by atoms with E-state index in [1.807, 2.05) is 0 Å². The minimum Gasteiger partial charge on any atom is -0.496 e. The van der Waals surface area contributed by atoms with Crippen molar-refractivity contribution in [3.63, 3.8) is 0 Å². The number of aryl methyl sites for hydroxylation is 1. The maximum atomic E-state index is 12.9. The molecule has 1 amide bonds. The van der Waals surface area contributed by atoms with Crippen molar-refractivity contribution >= 4 is 15.9 Å². The molecule has 8 heteroatoms. The Bertz CT molecular complexity index is 898. The molecule has 0 unspecified atom stereocenters. The minimum absolute atomic E-state index is 0.106. The van der Waals surface area contributed by atoms with Crippen LogP contribution in [-0.4, -0.2) is 38.8 Å². The summed E-state index contributed by atoms with van der Waals surface area (Å²) in [4.78, 5) is 12.3. The summed E-state index contributed by atoms with van der Waals surface area (Å²) < 4.78 is 44.8. The molecule has 0 radical (unpaired) electrons. The molecule has 0 aliphatic carbocycles. The Morgan fingerprint density at radius 2 is 1.85 bits per heavy atom. The first-order valence-corrected chi connectivity index (χ1v) is 9.88. The molecule has 0 atom stereocenters. The van der Waals surface area contributed by atoms with Gasteiger partial charge in [0.15, 0.2) is 0 Å². The lowest BCUT2D eigenvalue weighted by molar-refractivity contribution is -0.121. The first-order chi connectivity index (χ1) is 12.8. The average Bonchev–Trinajstić information content (AvgIpc) is 2.65. The van der Waals surface area contributed by atoms with Crippen LogP contribution in [0.5, 0.6) is 5.75 Å². The van der Waals surface area contributed by atoms with Gasteiger partial charge in [-0.15, -0.1) is 0 Å². The van der Waals surface area contributed by atoms with E-state index in [4.69, 9.17) is 4.74 Å². The van der Waals surface area contributed by atoms with Crippen molar-refractivity contribution in [3.05, 3.63) is 59.4 Å². The fourth-order valence-corrected chi connectivity index (χ4v) is 4.04. The largest absolute Gasteiger partial charge is 0.496 e. The number of amides is 1. The van der Waals surface area contributed by atoms with Gasteiger partial charge in [0.1, 0.15) is 11.6 Å². The third-order valence-corrected chi connectivity index (χ3v) is 6.00. The second kappa shape index (κ2) is 8.96. The Labute approximate surface area is 159 Å². The van der Waals surface area contributed by atoms with Crippen LogP contribution in [0.1, 0.15) is 18.1 Å². The maximum absolute atomic E-state index is 12.9. The molecule has 0 aromatic heterocycles. The molecule has 0 aliphatic rings. The van der Waals surface area contributed by atoms with Gasteiger partial charge in [-0.25, -0.2) is 12.8 Å². The second-order valence-corrected chi connectivity index (χ2v) is 7.90. The fraction of sp³-hybridized carbons (Fsp3) is 0.316. The number of rotatable bonds is 8. The van der Waals surface area contributed by atoms with E-state index in [2.05, 4.69) is 5.32 Å². The Hall–Kier alpha value is -2.45. The highest BCUT2D eigenvalue weighted by Gasteiger charge is 2.25. The molecule has 27 heavy (non-hydrogen) atoms. The van der Waals surface area contributed by atoms with Crippen molar-refractivity contribution in [2.45, 2.75) is 25.3 Å². The number of nitrogens with one attached hydrogen (secondary N) is 1. The Morgan fingerprint density at radius 1 is 1.19 bits per heavy atom. The fourth-order valence-electron chi connectivity index (χ4n) is 2.55. The summed E-state index contributed by atoms with van der Waals surface area (Å²) in [5, 5.41) is 2.65. The summed E-state index contributed by atoms with van der Waals surface area (Å²) in [6, 6.07) is 10.3. The summed E-state index contributed by atoms with van der Waals surface area (Å²) >= 11 is 0. The van der Waals surface area contributed by atoms with Crippen LogP contribution in [-0.2, 0) is 21.4 Å². The normalized spacial score (nSPS) is 11.4. The highest BCUT2D eigenvalue weighted by Crippen LogP contribution is 2.23. The standard InChI is InChI=1S/C19H23FN2O4S/c1-4-22(13-19(23)21-12-15-5-7-16(20)8-6-15)27(24,25)17-9-10-18(26-3)14(2)11-17/h5-11H,4,12-13H2,1-3H3,(H,21,23). The molecule has 0 spiro atoms. The number of likely N-dealkylation sites (N-methyl/N-ethyl adjacent to an activating group) is 1. The van der Waals surface area contributed by atoms with Crippen LogP contribution in [0.15, 0.2) is 47.4 Å². The van der Waals surface area contributed by atoms with E-state index in [0.29, 0.717) is 11.3 Å². The number of halogens is 1. The van der Waals surface area contributed by atoms with Gasteiger partial charge in [0.05, 0.1) is 18.6 Å². The smallest absolute Gasteiger partial charge is 0.243 e. The topological polar surface area (TPSA) is 75.7 Å². The summed E-state index contributed by atoms with van der Waals surface area (Å²) in [6.07, 6.45) is 0. The van der Waals surface area contributed by atoms with Crippen molar-refractivity contribution in [1.29, 1.82) is 0 Å². The molecule has 146 valence electrons. The molecule has 0 aliphatic heterocycles. The molecule has 0 saturated carbocycles. The third-order valence-electron chi connectivity index (χ3n) is 4.08. The number of carbonyl (C=O) groups is 1. The average molecular weight is 394 g/mol. The van der Waals surface area contributed by atoms with Crippen LogP contribution in [0.3, 0.4) is 0 Å². The number of carbonyl (C=O) groups excluding carboxylic acids is 1. The quantitative estimate of drug-likeness (QED) is 0.746. The van der Waals surface area contributed by atoms with E-state index in [1.54, 1.807) is 32.0 Å². The van der Waals surface area contributed by atoms with Gasteiger partial charge in [-0.3, -0.25) is 4.79 Å². The maximum Gasteiger partial charge on any atom is 0.243 e. The van der Waals surface area contributed by atoms with E-state index in [1.165, 1.54) is 31.4 Å². The summed E-state index contributed by atoms with van der Waals surface area (Å²) in [6.45, 7) is 3.46. The Balaban J connectivity index is 2.07. The van der Waals surface area contributed by atoms with Crippen molar-refractivity contribution in [1.82, 2.24) is 9.62 Å². The van der Waals surface area contributed by atoms with Gasteiger partial charge in [0, 0.05) is 13.1 Å². The monoisotopic (exact) mass is 394 g/mol. The van der Waals surface area contributed by atoms with E-state index >= 15 is 0 Å². The van der Waals surface area contributed by atoms with E-state index in [9.17, 15) is 17.6 Å². The number of sulfonamides is 1. The third kappa shape index (κ3) is 5.27. The van der Waals surface area contributed by atoms with Crippen LogP contribution in [0.25, 0.3) is 0 Å². The zero-order chi connectivity index (χ0) is 20.0. The van der Waals surface area contributed by atoms with Crippen LogP contribution in [0, 0.1) is 12.7 Å². The molecule has 0 heterocycles. The van der Waals surface area contributed by atoms with E-state index in [0.717, 1.165) is 9.87 Å².